The lowest BCUT2D eigenvalue weighted by Gasteiger charge is -2.05. The molecule has 0 saturated carbocycles. The molecule has 5 heteroatoms. The second-order valence-electron chi connectivity index (χ2n) is 3.62. The molecule has 0 fully saturated rings. The first-order chi connectivity index (χ1) is 7.50. The molecule has 1 aromatic carbocycles. The van der Waals surface area contributed by atoms with Gasteiger partial charge >= 0.3 is 0 Å². The molecule has 0 atom stereocenters. The zero-order chi connectivity index (χ0) is 12.1. The molecule has 0 aliphatic rings. The van der Waals surface area contributed by atoms with Crippen LogP contribution >= 0.6 is 0 Å². The van der Waals surface area contributed by atoms with Gasteiger partial charge in [-0.25, -0.2) is 13.2 Å². The minimum Gasteiger partial charge on any atom is -0.308 e. The zero-order valence-electron chi connectivity index (χ0n) is 9.17. The SMILES string of the molecule is CN(C)CCN=Cc1c(F)cc(F)cc1F. The van der Waals surface area contributed by atoms with E-state index in [1.807, 2.05) is 19.0 Å². The summed E-state index contributed by atoms with van der Waals surface area (Å²) >= 11 is 0. The summed E-state index contributed by atoms with van der Waals surface area (Å²) in [6.45, 7) is 1.12. The average molecular weight is 230 g/mol. The standard InChI is InChI=1S/C11H13F3N2/c1-16(2)4-3-15-7-9-10(13)5-8(12)6-11(9)14/h5-7H,3-4H2,1-2H3. The van der Waals surface area contributed by atoms with Crippen molar-refractivity contribution in [2.45, 2.75) is 0 Å². The predicted molar refractivity (Wildman–Crippen MR) is 57.3 cm³/mol. The van der Waals surface area contributed by atoms with Crippen molar-refractivity contribution in [3.63, 3.8) is 0 Å². The first-order valence-electron chi connectivity index (χ1n) is 4.80. The van der Waals surface area contributed by atoms with Crippen LogP contribution in [-0.4, -0.2) is 38.3 Å². The third kappa shape index (κ3) is 3.66. The van der Waals surface area contributed by atoms with E-state index in [1.54, 1.807) is 0 Å². The van der Waals surface area contributed by atoms with Gasteiger partial charge < -0.3 is 4.90 Å². The maximum atomic E-state index is 13.1. The second kappa shape index (κ2) is 5.65. The van der Waals surface area contributed by atoms with Gasteiger partial charge in [0, 0.05) is 24.9 Å². The Morgan fingerprint density at radius 3 is 2.25 bits per heavy atom. The Morgan fingerprint density at radius 2 is 1.75 bits per heavy atom. The number of rotatable bonds is 4. The van der Waals surface area contributed by atoms with E-state index >= 15 is 0 Å². The highest BCUT2D eigenvalue weighted by Gasteiger charge is 2.08. The van der Waals surface area contributed by atoms with Gasteiger partial charge in [0.1, 0.15) is 17.5 Å². The van der Waals surface area contributed by atoms with Gasteiger partial charge in [0.2, 0.25) is 0 Å². The van der Waals surface area contributed by atoms with Gasteiger partial charge in [-0.05, 0) is 14.1 Å². The lowest BCUT2D eigenvalue weighted by molar-refractivity contribution is 0.421. The summed E-state index contributed by atoms with van der Waals surface area (Å²) in [5, 5.41) is 0. The molecule has 2 nitrogen and oxygen atoms in total. The molecule has 0 heterocycles. The zero-order valence-corrected chi connectivity index (χ0v) is 9.17. The maximum absolute atomic E-state index is 13.1. The van der Waals surface area contributed by atoms with E-state index in [9.17, 15) is 13.2 Å². The normalized spacial score (nSPS) is 11.6. The Hall–Kier alpha value is -1.36. The molecule has 0 spiro atoms. The molecule has 1 aromatic rings. The Morgan fingerprint density at radius 1 is 1.19 bits per heavy atom. The maximum Gasteiger partial charge on any atom is 0.137 e. The molecule has 1 rings (SSSR count). The van der Waals surface area contributed by atoms with E-state index < -0.39 is 17.5 Å². The number of hydrogen-bond donors (Lipinski definition) is 0. The molecule has 16 heavy (non-hydrogen) atoms. The molecule has 0 aliphatic carbocycles. The minimum atomic E-state index is -0.939. The van der Waals surface area contributed by atoms with Crippen molar-refractivity contribution in [2.75, 3.05) is 27.2 Å². The Bertz CT molecular complexity index is 366. The quantitative estimate of drug-likeness (QED) is 0.723. The molecular formula is C11H13F3N2. The third-order valence-electron chi connectivity index (χ3n) is 1.94. The van der Waals surface area contributed by atoms with E-state index in [2.05, 4.69) is 4.99 Å². The molecule has 0 N–H and O–H groups in total. The summed E-state index contributed by atoms with van der Waals surface area (Å²) in [5.74, 6) is -2.81. The van der Waals surface area contributed by atoms with Gasteiger partial charge in [-0.1, -0.05) is 0 Å². The Kier molecular flexibility index (Phi) is 4.49. The van der Waals surface area contributed by atoms with Crippen molar-refractivity contribution in [1.82, 2.24) is 4.90 Å². The van der Waals surface area contributed by atoms with Crippen LogP contribution < -0.4 is 0 Å². The summed E-state index contributed by atoms with van der Waals surface area (Å²) in [7, 11) is 3.74. The summed E-state index contributed by atoms with van der Waals surface area (Å²) in [6.07, 6.45) is 1.09. The van der Waals surface area contributed by atoms with E-state index in [4.69, 9.17) is 0 Å². The molecule has 0 bridgehead atoms. The van der Waals surface area contributed by atoms with E-state index in [0.717, 1.165) is 6.21 Å². The number of likely N-dealkylation sites (N-methyl/N-ethyl adjacent to an activating group) is 1. The molecule has 0 aromatic heterocycles. The van der Waals surface area contributed by atoms with E-state index in [1.165, 1.54) is 0 Å². The molecule has 0 saturated heterocycles. The van der Waals surface area contributed by atoms with Gasteiger partial charge in [-0.2, -0.15) is 0 Å². The van der Waals surface area contributed by atoms with Crippen LogP contribution in [0.4, 0.5) is 13.2 Å². The van der Waals surface area contributed by atoms with Gasteiger partial charge in [0.05, 0.1) is 12.1 Å². The molecule has 0 aliphatic heterocycles. The largest absolute Gasteiger partial charge is 0.308 e. The lowest BCUT2D eigenvalue weighted by Crippen LogP contribution is -2.15. The monoisotopic (exact) mass is 230 g/mol. The first-order valence-corrected chi connectivity index (χ1v) is 4.80. The summed E-state index contributed by atoms with van der Waals surface area (Å²) in [4.78, 5) is 5.76. The van der Waals surface area contributed by atoms with Crippen LogP contribution in [0, 0.1) is 17.5 Å². The molecule has 88 valence electrons. The predicted octanol–water partition coefficient (Wildman–Crippen LogP) is 2.08. The third-order valence-corrected chi connectivity index (χ3v) is 1.94. The van der Waals surface area contributed by atoms with Crippen LogP contribution in [0.1, 0.15) is 5.56 Å². The Labute approximate surface area is 92.4 Å². The fraction of sp³-hybridized carbons (Fsp3) is 0.364. The second-order valence-corrected chi connectivity index (χ2v) is 3.62. The smallest absolute Gasteiger partial charge is 0.137 e. The molecular weight excluding hydrogens is 217 g/mol. The summed E-state index contributed by atoms with van der Waals surface area (Å²) in [6, 6.07) is 1.27. The lowest BCUT2D eigenvalue weighted by atomic mass is 10.2. The van der Waals surface area contributed by atoms with Crippen LogP contribution in [0.3, 0.4) is 0 Å². The van der Waals surface area contributed by atoms with Crippen LogP contribution in [0.5, 0.6) is 0 Å². The van der Waals surface area contributed by atoms with Crippen molar-refractivity contribution in [3.8, 4) is 0 Å². The molecule has 0 radical (unpaired) electrons. The van der Waals surface area contributed by atoms with Crippen LogP contribution in [0.2, 0.25) is 0 Å². The summed E-state index contributed by atoms with van der Waals surface area (Å²) < 4.78 is 38.8. The van der Waals surface area contributed by atoms with Crippen molar-refractivity contribution < 1.29 is 13.2 Å². The number of benzene rings is 1. The first kappa shape index (κ1) is 12.7. The minimum absolute atomic E-state index is 0.305. The van der Waals surface area contributed by atoms with Crippen molar-refractivity contribution in [1.29, 1.82) is 0 Å². The highest BCUT2D eigenvalue weighted by atomic mass is 19.1. The van der Waals surface area contributed by atoms with Crippen LogP contribution in [-0.2, 0) is 0 Å². The number of hydrogen-bond acceptors (Lipinski definition) is 2. The number of aliphatic imine (C=N–C) groups is 1. The van der Waals surface area contributed by atoms with Crippen molar-refractivity contribution in [2.24, 2.45) is 4.99 Å². The molecule has 0 amide bonds. The number of nitrogens with zero attached hydrogens (tertiary/aromatic N) is 2. The Balaban J connectivity index is 2.73. The fourth-order valence-corrected chi connectivity index (χ4v) is 1.09. The topological polar surface area (TPSA) is 15.6 Å². The van der Waals surface area contributed by atoms with Crippen molar-refractivity contribution in [3.05, 3.63) is 35.1 Å². The van der Waals surface area contributed by atoms with Gasteiger partial charge in [-0.15, -0.1) is 0 Å². The van der Waals surface area contributed by atoms with Crippen molar-refractivity contribution >= 4 is 6.21 Å². The van der Waals surface area contributed by atoms with Gasteiger partial charge in [-0.3, -0.25) is 4.99 Å². The number of halogens is 3. The van der Waals surface area contributed by atoms with Gasteiger partial charge in [0.25, 0.3) is 0 Å². The van der Waals surface area contributed by atoms with Gasteiger partial charge in [0.15, 0.2) is 0 Å². The van der Waals surface area contributed by atoms with E-state index in [-0.39, 0.29) is 5.56 Å². The van der Waals surface area contributed by atoms with Crippen LogP contribution in [0.25, 0.3) is 0 Å². The van der Waals surface area contributed by atoms with E-state index in [0.29, 0.717) is 25.2 Å². The van der Waals surface area contributed by atoms with Crippen LogP contribution in [0.15, 0.2) is 17.1 Å². The fourth-order valence-electron chi connectivity index (χ4n) is 1.09. The summed E-state index contributed by atoms with van der Waals surface area (Å²) in [5.41, 5.74) is -0.305. The highest BCUT2D eigenvalue weighted by molar-refractivity contribution is 5.80. The highest BCUT2D eigenvalue weighted by Crippen LogP contribution is 2.12. The molecule has 0 unspecified atom stereocenters. The average Bonchev–Trinajstić information content (AvgIpc) is 2.14.